The summed E-state index contributed by atoms with van der Waals surface area (Å²) in [5, 5.41) is 0. The van der Waals surface area contributed by atoms with Gasteiger partial charge in [-0.25, -0.2) is 8.42 Å². The summed E-state index contributed by atoms with van der Waals surface area (Å²) in [5.41, 5.74) is 0.153. The van der Waals surface area contributed by atoms with E-state index in [1.54, 1.807) is 17.0 Å². The lowest BCUT2D eigenvalue weighted by molar-refractivity contribution is 0.0753. The third-order valence-corrected chi connectivity index (χ3v) is 4.60. The molecule has 19 heavy (non-hydrogen) atoms. The van der Waals surface area contributed by atoms with E-state index in [1.807, 2.05) is 6.92 Å². The second kappa shape index (κ2) is 5.51. The van der Waals surface area contributed by atoms with E-state index in [0.717, 1.165) is 12.8 Å². The Morgan fingerprint density at radius 2 is 2.00 bits per heavy atom. The van der Waals surface area contributed by atoms with E-state index in [2.05, 4.69) is 0 Å². The molecular weight excluding hydrogens is 286 g/mol. The third-order valence-electron chi connectivity index (χ3n) is 3.22. The summed E-state index contributed by atoms with van der Waals surface area (Å²) < 4.78 is 23.0. The predicted octanol–water partition coefficient (Wildman–Crippen LogP) is 2.49. The maximum absolute atomic E-state index is 12.4. The normalized spacial score (nSPS) is 15.3. The van der Waals surface area contributed by atoms with E-state index in [-0.39, 0.29) is 16.4 Å². The summed E-state index contributed by atoms with van der Waals surface area (Å²) in [7, 11) is 1.47. The molecule has 1 aromatic rings. The molecule has 104 valence electrons. The van der Waals surface area contributed by atoms with Crippen LogP contribution in [-0.2, 0) is 9.05 Å². The molecule has 1 aliphatic rings. The van der Waals surface area contributed by atoms with Gasteiger partial charge in [0.2, 0.25) is 0 Å². The van der Waals surface area contributed by atoms with Gasteiger partial charge in [-0.2, -0.15) is 0 Å². The molecule has 0 spiro atoms. The Hall–Kier alpha value is -1.07. The smallest absolute Gasteiger partial charge is 0.262 e. The van der Waals surface area contributed by atoms with Gasteiger partial charge in [0.05, 0.1) is 10.5 Å². The number of nitrogens with zero attached hydrogens (tertiary/aromatic N) is 1. The number of amides is 1. The minimum Gasteiger partial charge on any atom is -0.339 e. The zero-order valence-corrected chi connectivity index (χ0v) is 12.2. The predicted molar refractivity (Wildman–Crippen MR) is 73.8 cm³/mol. The summed E-state index contributed by atoms with van der Waals surface area (Å²) in [6.45, 7) is 3.14. The van der Waals surface area contributed by atoms with Crippen LogP contribution in [0.2, 0.25) is 0 Å². The van der Waals surface area contributed by atoms with Crippen LogP contribution < -0.4 is 0 Å². The zero-order chi connectivity index (χ0) is 14.0. The largest absolute Gasteiger partial charge is 0.339 e. The van der Waals surface area contributed by atoms with E-state index in [0.29, 0.717) is 19.0 Å². The Bertz CT molecular complexity index is 581. The first kappa shape index (κ1) is 14.3. The summed E-state index contributed by atoms with van der Waals surface area (Å²) in [6.07, 6.45) is 2.28. The van der Waals surface area contributed by atoms with Crippen LogP contribution in [0.1, 0.15) is 30.1 Å². The second-order valence-electron chi connectivity index (χ2n) is 4.72. The molecular formula is C13H16ClNO3S. The molecule has 0 aliphatic heterocycles. The molecule has 0 radical (unpaired) electrons. The van der Waals surface area contributed by atoms with Gasteiger partial charge in [-0.15, -0.1) is 0 Å². The highest BCUT2D eigenvalue weighted by Gasteiger charge is 2.28. The van der Waals surface area contributed by atoms with Crippen molar-refractivity contribution in [1.82, 2.24) is 4.90 Å². The van der Waals surface area contributed by atoms with Crippen molar-refractivity contribution in [3.05, 3.63) is 29.8 Å². The Labute approximate surface area is 117 Å². The highest BCUT2D eigenvalue weighted by atomic mass is 35.7. The Morgan fingerprint density at radius 3 is 2.53 bits per heavy atom. The van der Waals surface area contributed by atoms with Crippen molar-refractivity contribution < 1.29 is 13.2 Å². The van der Waals surface area contributed by atoms with E-state index in [9.17, 15) is 13.2 Å². The van der Waals surface area contributed by atoms with E-state index >= 15 is 0 Å². The Balaban J connectivity index is 2.32. The average molecular weight is 302 g/mol. The van der Waals surface area contributed by atoms with E-state index in [1.165, 1.54) is 12.1 Å². The van der Waals surface area contributed by atoms with Crippen molar-refractivity contribution in [3.63, 3.8) is 0 Å². The van der Waals surface area contributed by atoms with Gasteiger partial charge < -0.3 is 4.90 Å². The van der Waals surface area contributed by atoms with Gasteiger partial charge in [0.1, 0.15) is 0 Å². The fraction of sp³-hybridized carbons (Fsp3) is 0.462. The molecule has 1 aromatic carbocycles. The molecule has 0 bridgehead atoms. The second-order valence-corrected chi connectivity index (χ2v) is 7.26. The number of carbonyl (C=O) groups is 1. The van der Waals surface area contributed by atoms with Crippen LogP contribution in [0.3, 0.4) is 0 Å². The van der Waals surface area contributed by atoms with Gasteiger partial charge in [0.25, 0.3) is 15.0 Å². The van der Waals surface area contributed by atoms with Crippen LogP contribution in [-0.4, -0.2) is 32.3 Å². The van der Waals surface area contributed by atoms with Crippen molar-refractivity contribution in [2.75, 3.05) is 13.1 Å². The quantitative estimate of drug-likeness (QED) is 0.785. The number of carbonyl (C=O) groups excluding carboxylic acids is 1. The van der Waals surface area contributed by atoms with Crippen molar-refractivity contribution in [2.45, 2.75) is 24.7 Å². The van der Waals surface area contributed by atoms with Crippen LogP contribution >= 0.6 is 10.7 Å². The van der Waals surface area contributed by atoms with Crippen LogP contribution in [0.15, 0.2) is 29.2 Å². The lowest BCUT2D eigenvalue weighted by atomic mass is 10.2. The van der Waals surface area contributed by atoms with Crippen LogP contribution in [0.5, 0.6) is 0 Å². The first-order valence-electron chi connectivity index (χ1n) is 6.26. The standard InChI is InChI=1S/C13H16ClNO3S/c1-2-15(9-10-7-8-10)13(16)11-5-3-4-6-12(11)19(14,17)18/h3-6,10H,2,7-9H2,1H3. The van der Waals surface area contributed by atoms with Gasteiger partial charge in [-0.3, -0.25) is 4.79 Å². The fourth-order valence-electron chi connectivity index (χ4n) is 1.99. The van der Waals surface area contributed by atoms with Crippen LogP contribution in [0.25, 0.3) is 0 Å². The number of hydrogen-bond donors (Lipinski definition) is 0. The third kappa shape index (κ3) is 3.48. The molecule has 0 atom stereocenters. The number of hydrogen-bond acceptors (Lipinski definition) is 3. The minimum atomic E-state index is -3.91. The van der Waals surface area contributed by atoms with Crippen LogP contribution in [0.4, 0.5) is 0 Å². The monoisotopic (exact) mass is 301 g/mol. The Kier molecular flexibility index (Phi) is 4.16. The molecule has 0 unspecified atom stereocenters. The average Bonchev–Trinajstić information content (AvgIpc) is 3.18. The molecule has 0 heterocycles. The molecule has 1 saturated carbocycles. The Morgan fingerprint density at radius 1 is 1.37 bits per heavy atom. The van der Waals surface area contributed by atoms with Crippen molar-refractivity contribution in [2.24, 2.45) is 5.92 Å². The van der Waals surface area contributed by atoms with E-state index in [4.69, 9.17) is 10.7 Å². The molecule has 1 amide bonds. The van der Waals surface area contributed by atoms with Crippen molar-refractivity contribution >= 4 is 25.6 Å². The van der Waals surface area contributed by atoms with Crippen molar-refractivity contribution in [1.29, 1.82) is 0 Å². The topological polar surface area (TPSA) is 54.5 Å². The van der Waals surface area contributed by atoms with Gasteiger partial charge in [0, 0.05) is 23.8 Å². The first-order valence-corrected chi connectivity index (χ1v) is 8.57. The summed E-state index contributed by atoms with van der Waals surface area (Å²) >= 11 is 0. The molecule has 4 nitrogen and oxygen atoms in total. The van der Waals surface area contributed by atoms with Gasteiger partial charge in [-0.05, 0) is 37.8 Å². The van der Waals surface area contributed by atoms with Gasteiger partial charge in [0.15, 0.2) is 0 Å². The fourth-order valence-corrected chi connectivity index (χ4v) is 3.06. The lowest BCUT2D eigenvalue weighted by Gasteiger charge is -2.21. The molecule has 0 saturated heterocycles. The molecule has 0 N–H and O–H groups in total. The van der Waals surface area contributed by atoms with E-state index < -0.39 is 9.05 Å². The molecule has 2 rings (SSSR count). The first-order chi connectivity index (χ1) is 8.93. The summed E-state index contributed by atoms with van der Waals surface area (Å²) in [6, 6.07) is 6.07. The summed E-state index contributed by atoms with van der Waals surface area (Å²) in [5.74, 6) is 0.290. The lowest BCUT2D eigenvalue weighted by Crippen LogP contribution is -2.33. The SMILES string of the molecule is CCN(CC1CC1)C(=O)c1ccccc1S(=O)(=O)Cl. The molecule has 0 aromatic heterocycles. The van der Waals surface area contributed by atoms with Gasteiger partial charge >= 0.3 is 0 Å². The highest BCUT2D eigenvalue weighted by Crippen LogP contribution is 2.30. The van der Waals surface area contributed by atoms with Gasteiger partial charge in [-0.1, -0.05) is 12.1 Å². The minimum absolute atomic E-state index is 0.115. The van der Waals surface area contributed by atoms with Crippen molar-refractivity contribution in [3.8, 4) is 0 Å². The maximum atomic E-state index is 12.4. The number of benzene rings is 1. The zero-order valence-electron chi connectivity index (χ0n) is 10.7. The molecule has 1 aliphatic carbocycles. The van der Waals surface area contributed by atoms with Crippen LogP contribution in [0, 0.1) is 5.92 Å². The number of rotatable bonds is 5. The molecule has 6 heteroatoms. The number of halogens is 1. The maximum Gasteiger partial charge on any atom is 0.262 e. The molecule has 1 fully saturated rings. The summed E-state index contributed by atoms with van der Waals surface area (Å²) in [4.78, 5) is 14.0. The highest BCUT2D eigenvalue weighted by molar-refractivity contribution is 8.13.